The Labute approximate surface area is 112 Å². The molecule has 0 aromatic heterocycles. The van der Waals surface area contributed by atoms with E-state index in [9.17, 15) is 9.59 Å². The van der Waals surface area contributed by atoms with Crippen molar-refractivity contribution < 1.29 is 9.59 Å². The molecule has 1 aliphatic heterocycles. The summed E-state index contributed by atoms with van der Waals surface area (Å²) in [6.45, 7) is 0. The van der Waals surface area contributed by atoms with E-state index >= 15 is 0 Å². The summed E-state index contributed by atoms with van der Waals surface area (Å²) in [7, 11) is 0. The third kappa shape index (κ3) is 2.33. The van der Waals surface area contributed by atoms with E-state index in [0.717, 1.165) is 0 Å². The highest BCUT2D eigenvalue weighted by Gasteiger charge is 2.25. The van der Waals surface area contributed by atoms with Crippen molar-refractivity contribution in [3.63, 3.8) is 0 Å². The van der Waals surface area contributed by atoms with E-state index in [-0.39, 0.29) is 11.8 Å². The van der Waals surface area contributed by atoms with Gasteiger partial charge in [-0.15, -0.1) is 0 Å². The van der Waals surface area contributed by atoms with Crippen LogP contribution in [-0.4, -0.2) is 11.8 Å². The van der Waals surface area contributed by atoms with Crippen molar-refractivity contribution >= 4 is 17.5 Å². The van der Waals surface area contributed by atoms with Crippen LogP contribution in [0.2, 0.25) is 0 Å². The number of anilines is 1. The second-order valence-electron chi connectivity index (χ2n) is 5.27. The third-order valence-electron chi connectivity index (χ3n) is 4.04. The van der Waals surface area contributed by atoms with Crippen molar-refractivity contribution in [1.82, 2.24) is 0 Å². The zero-order valence-corrected chi connectivity index (χ0v) is 10.8. The average Bonchev–Trinajstić information content (AvgIpc) is 2.79. The second kappa shape index (κ2) is 5.00. The molecule has 1 aromatic rings. The van der Waals surface area contributed by atoms with Crippen LogP contribution in [0.4, 0.5) is 5.69 Å². The Morgan fingerprint density at radius 1 is 0.842 bits per heavy atom. The predicted octanol–water partition coefficient (Wildman–Crippen LogP) is 3.16. The van der Waals surface area contributed by atoms with Crippen LogP contribution in [0.25, 0.3) is 0 Å². The van der Waals surface area contributed by atoms with E-state index in [1.165, 1.54) is 54.7 Å². The van der Waals surface area contributed by atoms with Crippen molar-refractivity contribution in [2.24, 2.45) is 0 Å². The van der Waals surface area contributed by atoms with E-state index in [2.05, 4.69) is 12.1 Å². The number of carbonyl (C=O) groups excluding carboxylic acids is 2. The minimum Gasteiger partial charge on any atom is -0.269 e. The summed E-state index contributed by atoms with van der Waals surface area (Å²) in [4.78, 5) is 24.4. The summed E-state index contributed by atoms with van der Waals surface area (Å²) < 4.78 is 0. The average molecular weight is 255 g/mol. The number of imide groups is 1. The van der Waals surface area contributed by atoms with Crippen LogP contribution in [0.1, 0.15) is 43.6 Å². The fourth-order valence-corrected chi connectivity index (χ4v) is 2.99. The van der Waals surface area contributed by atoms with Crippen LogP contribution < -0.4 is 4.90 Å². The van der Waals surface area contributed by atoms with Crippen LogP contribution in [0.3, 0.4) is 0 Å². The lowest BCUT2D eigenvalue weighted by molar-refractivity contribution is -0.119. The Bertz CT molecular complexity index is 506. The van der Waals surface area contributed by atoms with Crippen molar-refractivity contribution in [3.05, 3.63) is 42.0 Å². The van der Waals surface area contributed by atoms with Gasteiger partial charge in [-0.3, -0.25) is 9.59 Å². The molecule has 0 spiro atoms. The monoisotopic (exact) mass is 255 g/mol. The SMILES string of the molecule is O=C1C=CC(=O)N1c1ccc(C2CCCCC2)cc1. The Morgan fingerprint density at radius 3 is 2.00 bits per heavy atom. The first-order valence-electron chi connectivity index (χ1n) is 6.92. The highest BCUT2D eigenvalue weighted by molar-refractivity contribution is 6.28. The molecule has 98 valence electrons. The molecular weight excluding hydrogens is 238 g/mol. The number of amides is 2. The van der Waals surface area contributed by atoms with E-state index in [4.69, 9.17) is 0 Å². The van der Waals surface area contributed by atoms with Gasteiger partial charge < -0.3 is 0 Å². The number of carbonyl (C=O) groups is 2. The normalized spacial score (nSPS) is 20.3. The maximum atomic E-state index is 11.6. The van der Waals surface area contributed by atoms with Gasteiger partial charge in [-0.05, 0) is 36.5 Å². The molecule has 1 aromatic carbocycles. The first kappa shape index (κ1) is 12.2. The summed E-state index contributed by atoms with van der Waals surface area (Å²) in [6, 6.07) is 7.88. The number of hydrogen-bond acceptors (Lipinski definition) is 2. The van der Waals surface area contributed by atoms with Gasteiger partial charge in [0.2, 0.25) is 0 Å². The molecule has 0 saturated heterocycles. The standard InChI is InChI=1S/C16H17NO2/c18-15-10-11-16(19)17(15)14-8-6-13(7-9-14)12-4-2-1-3-5-12/h6-12H,1-5H2. The molecule has 3 rings (SSSR count). The van der Waals surface area contributed by atoms with Crippen molar-refractivity contribution in [3.8, 4) is 0 Å². The summed E-state index contributed by atoms with van der Waals surface area (Å²) in [5.74, 6) is 0.136. The summed E-state index contributed by atoms with van der Waals surface area (Å²) in [5, 5.41) is 0. The van der Waals surface area contributed by atoms with Crippen LogP contribution in [0.5, 0.6) is 0 Å². The Morgan fingerprint density at radius 2 is 1.42 bits per heavy atom. The minimum absolute atomic E-state index is 0.254. The number of nitrogens with zero attached hydrogens (tertiary/aromatic N) is 1. The van der Waals surface area contributed by atoms with E-state index in [0.29, 0.717) is 11.6 Å². The molecule has 3 heteroatoms. The molecule has 1 fully saturated rings. The van der Waals surface area contributed by atoms with Gasteiger partial charge in [0.25, 0.3) is 11.8 Å². The van der Waals surface area contributed by atoms with Gasteiger partial charge in [-0.1, -0.05) is 31.4 Å². The van der Waals surface area contributed by atoms with Gasteiger partial charge in [0.1, 0.15) is 0 Å². The quantitative estimate of drug-likeness (QED) is 0.761. The molecule has 0 radical (unpaired) electrons. The van der Waals surface area contributed by atoms with Gasteiger partial charge in [0, 0.05) is 12.2 Å². The second-order valence-corrected chi connectivity index (χ2v) is 5.27. The van der Waals surface area contributed by atoms with Crippen molar-refractivity contribution in [2.45, 2.75) is 38.0 Å². The molecule has 3 nitrogen and oxygen atoms in total. The van der Waals surface area contributed by atoms with Crippen molar-refractivity contribution in [2.75, 3.05) is 4.90 Å². The number of hydrogen-bond donors (Lipinski definition) is 0. The van der Waals surface area contributed by atoms with Gasteiger partial charge in [-0.2, -0.15) is 0 Å². The number of benzene rings is 1. The van der Waals surface area contributed by atoms with Gasteiger partial charge in [0.15, 0.2) is 0 Å². The maximum Gasteiger partial charge on any atom is 0.258 e. The molecule has 0 bridgehead atoms. The third-order valence-corrected chi connectivity index (χ3v) is 4.04. The van der Waals surface area contributed by atoms with Crippen LogP contribution in [-0.2, 0) is 9.59 Å². The first-order valence-corrected chi connectivity index (χ1v) is 6.92. The topological polar surface area (TPSA) is 37.4 Å². The molecule has 1 aliphatic carbocycles. The zero-order valence-electron chi connectivity index (χ0n) is 10.8. The number of rotatable bonds is 2. The van der Waals surface area contributed by atoms with Crippen LogP contribution in [0, 0.1) is 0 Å². The molecule has 19 heavy (non-hydrogen) atoms. The first-order chi connectivity index (χ1) is 9.25. The smallest absolute Gasteiger partial charge is 0.258 e. The lowest BCUT2D eigenvalue weighted by Gasteiger charge is -2.22. The molecule has 0 unspecified atom stereocenters. The lowest BCUT2D eigenvalue weighted by atomic mass is 9.84. The van der Waals surface area contributed by atoms with Crippen molar-refractivity contribution in [1.29, 1.82) is 0 Å². The van der Waals surface area contributed by atoms with E-state index < -0.39 is 0 Å². The highest BCUT2D eigenvalue weighted by atomic mass is 16.2. The Hall–Kier alpha value is -1.90. The van der Waals surface area contributed by atoms with E-state index in [1.54, 1.807) is 0 Å². The van der Waals surface area contributed by atoms with E-state index in [1.807, 2.05) is 12.1 Å². The van der Waals surface area contributed by atoms with Gasteiger partial charge in [0.05, 0.1) is 5.69 Å². The fourth-order valence-electron chi connectivity index (χ4n) is 2.99. The fraction of sp³-hybridized carbons (Fsp3) is 0.375. The summed E-state index contributed by atoms with van der Waals surface area (Å²) >= 11 is 0. The predicted molar refractivity (Wildman–Crippen MR) is 73.9 cm³/mol. The zero-order chi connectivity index (χ0) is 13.2. The van der Waals surface area contributed by atoms with Crippen LogP contribution in [0.15, 0.2) is 36.4 Å². The summed E-state index contributed by atoms with van der Waals surface area (Å²) in [6.07, 6.45) is 9.09. The largest absolute Gasteiger partial charge is 0.269 e. The van der Waals surface area contributed by atoms with Crippen LogP contribution >= 0.6 is 0 Å². The maximum absolute atomic E-state index is 11.6. The molecule has 1 saturated carbocycles. The molecule has 1 heterocycles. The van der Waals surface area contributed by atoms with Gasteiger partial charge >= 0.3 is 0 Å². The molecule has 2 amide bonds. The highest BCUT2D eigenvalue weighted by Crippen LogP contribution is 2.33. The van der Waals surface area contributed by atoms with Gasteiger partial charge in [-0.25, -0.2) is 4.90 Å². The minimum atomic E-state index is -0.254. The Kier molecular flexibility index (Phi) is 3.20. The molecule has 0 N–H and O–H groups in total. The molecule has 2 aliphatic rings. The molecular formula is C16H17NO2. The molecule has 0 atom stereocenters. The summed E-state index contributed by atoms with van der Waals surface area (Å²) in [5.41, 5.74) is 2.00. The lowest BCUT2D eigenvalue weighted by Crippen LogP contribution is -2.29. The Balaban J connectivity index is 1.79.